The first kappa shape index (κ1) is 14.3. The summed E-state index contributed by atoms with van der Waals surface area (Å²) in [5.41, 5.74) is -0.0272. The quantitative estimate of drug-likeness (QED) is 0.660. The van der Waals surface area contributed by atoms with Crippen LogP contribution in [0, 0.1) is 5.92 Å². The minimum Gasteiger partial charge on any atom is -0.394 e. The first-order valence-electron chi connectivity index (χ1n) is 7.74. The molecule has 106 valence electrons. The number of nitrogens with zero attached hydrogens (tertiary/aromatic N) is 1. The van der Waals surface area contributed by atoms with Gasteiger partial charge in [-0.3, -0.25) is 4.90 Å². The third-order valence-corrected chi connectivity index (χ3v) is 4.44. The van der Waals surface area contributed by atoms with Crippen LogP contribution in [0.5, 0.6) is 0 Å². The predicted molar refractivity (Wildman–Crippen MR) is 75.7 cm³/mol. The minimum absolute atomic E-state index is 0.0272. The number of rotatable bonds is 9. The van der Waals surface area contributed by atoms with E-state index in [0.29, 0.717) is 24.6 Å². The van der Waals surface area contributed by atoms with Crippen LogP contribution in [0.1, 0.15) is 52.9 Å². The van der Waals surface area contributed by atoms with Crippen molar-refractivity contribution >= 4 is 0 Å². The Morgan fingerprint density at radius 2 is 1.94 bits per heavy atom. The van der Waals surface area contributed by atoms with Crippen LogP contribution in [0.3, 0.4) is 0 Å². The van der Waals surface area contributed by atoms with Gasteiger partial charge in [0.15, 0.2) is 0 Å². The molecule has 2 aliphatic rings. The van der Waals surface area contributed by atoms with Crippen molar-refractivity contribution in [2.75, 3.05) is 19.7 Å². The lowest BCUT2D eigenvalue weighted by Gasteiger charge is -2.40. The van der Waals surface area contributed by atoms with Gasteiger partial charge in [-0.25, -0.2) is 0 Å². The molecule has 0 bridgehead atoms. The summed E-state index contributed by atoms with van der Waals surface area (Å²) in [7, 11) is 0. The summed E-state index contributed by atoms with van der Waals surface area (Å²) in [6, 6.07) is 1.24. The lowest BCUT2D eigenvalue weighted by Crippen LogP contribution is -2.59. The van der Waals surface area contributed by atoms with Crippen molar-refractivity contribution in [1.82, 2.24) is 10.2 Å². The molecule has 0 aliphatic heterocycles. The van der Waals surface area contributed by atoms with Gasteiger partial charge < -0.3 is 10.4 Å². The van der Waals surface area contributed by atoms with E-state index in [0.717, 1.165) is 13.1 Å². The van der Waals surface area contributed by atoms with Gasteiger partial charge in [0.05, 0.1) is 12.1 Å². The molecule has 1 unspecified atom stereocenters. The maximum atomic E-state index is 9.97. The van der Waals surface area contributed by atoms with Crippen molar-refractivity contribution in [2.24, 2.45) is 5.92 Å². The van der Waals surface area contributed by atoms with E-state index in [1.165, 1.54) is 32.1 Å². The molecule has 2 N–H and O–H groups in total. The number of nitrogens with one attached hydrogen (secondary N) is 1. The standard InChI is InChI=1S/C15H30N2O/c1-4-9-17(12(2)3)10-15(11-18,13-5-6-13)16-14-7-8-14/h12-14,16,18H,4-11H2,1-3H3. The molecule has 3 nitrogen and oxygen atoms in total. The molecule has 1 atom stereocenters. The summed E-state index contributed by atoms with van der Waals surface area (Å²) < 4.78 is 0. The van der Waals surface area contributed by atoms with Gasteiger partial charge in [0.25, 0.3) is 0 Å². The van der Waals surface area contributed by atoms with Crippen molar-refractivity contribution in [2.45, 2.75) is 70.5 Å². The zero-order valence-electron chi connectivity index (χ0n) is 12.3. The third-order valence-electron chi connectivity index (χ3n) is 4.44. The Kier molecular flexibility index (Phi) is 4.68. The van der Waals surface area contributed by atoms with Crippen LogP contribution in [-0.4, -0.2) is 47.3 Å². The zero-order valence-corrected chi connectivity index (χ0v) is 12.3. The van der Waals surface area contributed by atoms with E-state index in [1.807, 2.05) is 0 Å². The Hall–Kier alpha value is -0.120. The van der Waals surface area contributed by atoms with E-state index in [-0.39, 0.29) is 5.54 Å². The highest BCUT2D eigenvalue weighted by molar-refractivity contribution is 5.06. The Morgan fingerprint density at radius 1 is 1.28 bits per heavy atom. The zero-order chi connectivity index (χ0) is 13.2. The second-order valence-electron chi connectivity index (χ2n) is 6.57. The molecule has 18 heavy (non-hydrogen) atoms. The van der Waals surface area contributed by atoms with Gasteiger partial charge in [-0.05, 0) is 58.4 Å². The van der Waals surface area contributed by atoms with Crippen molar-refractivity contribution in [1.29, 1.82) is 0 Å². The van der Waals surface area contributed by atoms with Gasteiger partial charge >= 0.3 is 0 Å². The molecule has 2 saturated carbocycles. The molecule has 2 fully saturated rings. The Labute approximate surface area is 112 Å². The van der Waals surface area contributed by atoms with Gasteiger partial charge in [-0.1, -0.05) is 6.92 Å². The number of aliphatic hydroxyl groups is 1. The third kappa shape index (κ3) is 3.46. The highest BCUT2D eigenvalue weighted by atomic mass is 16.3. The monoisotopic (exact) mass is 254 g/mol. The Balaban J connectivity index is 2.01. The minimum atomic E-state index is -0.0272. The largest absolute Gasteiger partial charge is 0.394 e. The molecule has 0 spiro atoms. The summed E-state index contributed by atoms with van der Waals surface area (Å²) in [6.07, 6.45) is 6.36. The van der Waals surface area contributed by atoms with Crippen LogP contribution in [-0.2, 0) is 0 Å². The highest BCUT2D eigenvalue weighted by Gasteiger charge is 2.48. The Morgan fingerprint density at radius 3 is 2.33 bits per heavy atom. The van der Waals surface area contributed by atoms with E-state index >= 15 is 0 Å². The fraction of sp³-hybridized carbons (Fsp3) is 1.00. The second kappa shape index (κ2) is 5.89. The van der Waals surface area contributed by atoms with Gasteiger partial charge in [0, 0.05) is 18.6 Å². The van der Waals surface area contributed by atoms with Gasteiger partial charge in [0.2, 0.25) is 0 Å². The van der Waals surface area contributed by atoms with Crippen LogP contribution in [0.25, 0.3) is 0 Å². The molecule has 0 radical (unpaired) electrons. The maximum Gasteiger partial charge on any atom is 0.0628 e. The average Bonchev–Trinajstić information content (AvgIpc) is 3.18. The summed E-state index contributed by atoms with van der Waals surface area (Å²) >= 11 is 0. The molecule has 0 amide bonds. The normalized spacial score (nSPS) is 23.7. The van der Waals surface area contributed by atoms with Crippen molar-refractivity contribution in [3.63, 3.8) is 0 Å². The van der Waals surface area contributed by atoms with E-state index < -0.39 is 0 Å². The molecule has 0 aromatic heterocycles. The Bertz CT molecular complexity index is 261. The molecular formula is C15H30N2O. The molecule has 2 rings (SSSR count). The van der Waals surface area contributed by atoms with Crippen LogP contribution >= 0.6 is 0 Å². The van der Waals surface area contributed by atoms with Crippen molar-refractivity contribution in [3.8, 4) is 0 Å². The highest BCUT2D eigenvalue weighted by Crippen LogP contribution is 2.42. The smallest absolute Gasteiger partial charge is 0.0628 e. The molecule has 0 saturated heterocycles. The molecule has 0 aromatic carbocycles. The number of hydrogen-bond donors (Lipinski definition) is 2. The molecule has 0 aromatic rings. The summed E-state index contributed by atoms with van der Waals surface area (Å²) in [4.78, 5) is 2.53. The van der Waals surface area contributed by atoms with Gasteiger partial charge in [0.1, 0.15) is 0 Å². The topological polar surface area (TPSA) is 35.5 Å². The molecular weight excluding hydrogens is 224 g/mol. The fourth-order valence-corrected chi connectivity index (χ4v) is 2.96. The van der Waals surface area contributed by atoms with Gasteiger partial charge in [-0.15, -0.1) is 0 Å². The summed E-state index contributed by atoms with van der Waals surface area (Å²) in [5.74, 6) is 0.696. The van der Waals surface area contributed by atoms with Crippen LogP contribution < -0.4 is 5.32 Å². The van der Waals surface area contributed by atoms with Crippen LogP contribution in [0.15, 0.2) is 0 Å². The number of hydrogen-bond acceptors (Lipinski definition) is 3. The first-order chi connectivity index (χ1) is 8.61. The van der Waals surface area contributed by atoms with E-state index in [1.54, 1.807) is 0 Å². The molecule has 3 heteroatoms. The lowest BCUT2D eigenvalue weighted by atomic mass is 9.92. The maximum absolute atomic E-state index is 9.97. The SMILES string of the molecule is CCCN(CC(CO)(NC1CC1)C1CC1)C(C)C. The van der Waals surface area contributed by atoms with E-state index in [9.17, 15) is 5.11 Å². The van der Waals surface area contributed by atoms with Gasteiger partial charge in [-0.2, -0.15) is 0 Å². The lowest BCUT2D eigenvalue weighted by molar-refractivity contribution is 0.0751. The fourth-order valence-electron chi connectivity index (χ4n) is 2.96. The second-order valence-corrected chi connectivity index (χ2v) is 6.57. The van der Waals surface area contributed by atoms with Crippen molar-refractivity contribution < 1.29 is 5.11 Å². The van der Waals surface area contributed by atoms with E-state index in [2.05, 4.69) is 31.0 Å². The predicted octanol–water partition coefficient (Wildman–Crippen LogP) is 2.00. The molecule has 2 aliphatic carbocycles. The van der Waals surface area contributed by atoms with Crippen molar-refractivity contribution in [3.05, 3.63) is 0 Å². The first-order valence-corrected chi connectivity index (χ1v) is 7.74. The molecule has 0 heterocycles. The van der Waals surface area contributed by atoms with Crippen LogP contribution in [0.2, 0.25) is 0 Å². The summed E-state index contributed by atoms with van der Waals surface area (Å²) in [6.45, 7) is 9.21. The average molecular weight is 254 g/mol. The van der Waals surface area contributed by atoms with E-state index in [4.69, 9.17) is 0 Å². The van der Waals surface area contributed by atoms with Crippen LogP contribution in [0.4, 0.5) is 0 Å². The number of aliphatic hydroxyl groups excluding tert-OH is 1. The summed E-state index contributed by atoms with van der Waals surface area (Å²) in [5, 5.41) is 13.7.